The topological polar surface area (TPSA) is 135 Å². The van der Waals surface area contributed by atoms with Gasteiger partial charge >= 0.3 is 5.97 Å². The van der Waals surface area contributed by atoms with Crippen LogP contribution in [-0.2, 0) is 26.1 Å². The van der Waals surface area contributed by atoms with Gasteiger partial charge in [-0.25, -0.2) is 13.2 Å². The van der Waals surface area contributed by atoms with Crippen molar-refractivity contribution in [2.75, 3.05) is 25.5 Å². The van der Waals surface area contributed by atoms with Crippen LogP contribution in [0.2, 0.25) is 0 Å². The van der Waals surface area contributed by atoms with Crippen LogP contribution in [0.5, 0.6) is 5.75 Å². The van der Waals surface area contributed by atoms with Gasteiger partial charge in [0, 0.05) is 25.4 Å². The lowest BCUT2D eigenvalue weighted by molar-refractivity contribution is -0.116. The van der Waals surface area contributed by atoms with Crippen LogP contribution in [0, 0.1) is 0 Å². The minimum atomic E-state index is -3.81. The summed E-state index contributed by atoms with van der Waals surface area (Å²) in [6.45, 7) is 3.41. The molecule has 1 amide bonds. The number of carbonyl (C=O) groups excluding carboxylic acids is 2. The molecule has 0 saturated carbocycles. The molecule has 2 aromatic rings. The second-order valence-corrected chi connectivity index (χ2v) is 8.10. The van der Waals surface area contributed by atoms with Gasteiger partial charge in [0.15, 0.2) is 5.75 Å². The molecule has 0 fully saturated rings. The van der Waals surface area contributed by atoms with Gasteiger partial charge in [-0.15, -0.1) is 0 Å². The van der Waals surface area contributed by atoms with E-state index in [4.69, 9.17) is 0 Å². The van der Waals surface area contributed by atoms with Crippen molar-refractivity contribution in [1.29, 1.82) is 0 Å². The minimum Gasteiger partial charge on any atom is -0.505 e. The number of phenols is 1. The molecule has 0 aliphatic heterocycles. The number of sulfonamides is 1. The Bertz CT molecular complexity index is 1110. The molecule has 1 aromatic heterocycles. The summed E-state index contributed by atoms with van der Waals surface area (Å²) in [4.78, 5) is 36.0. The lowest BCUT2D eigenvalue weighted by Crippen LogP contribution is -2.33. The number of aromatic hydroxyl groups is 1. The summed E-state index contributed by atoms with van der Waals surface area (Å²) in [6, 6.07) is 6.38. The number of esters is 1. The number of aromatic nitrogens is 1. The average molecular weight is 437 g/mol. The molecule has 2 N–H and O–H groups in total. The largest absolute Gasteiger partial charge is 0.505 e. The summed E-state index contributed by atoms with van der Waals surface area (Å²) in [5.41, 5.74) is -0.765. The predicted octanol–water partition coefficient (Wildman–Crippen LogP) is 1.01. The van der Waals surface area contributed by atoms with Crippen molar-refractivity contribution in [2.24, 2.45) is 0 Å². The van der Waals surface area contributed by atoms with Crippen LogP contribution in [0.3, 0.4) is 0 Å². The first-order chi connectivity index (χ1) is 14.1. The minimum absolute atomic E-state index is 0.0529. The Balaban J connectivity index is 2.28. The van der Waals surface area contributed by atoms with Gasteiger partial charge in [-0.1, -0.05) is 19.9 Å². The van der Waals surface area contributed by atoms with Gasteiger partial charge in [0.25, 0.3) is 5.56 Å². The quantitative estimate of drug-likeness (QED) is 0.465. The third kappa shape index (κ3) is 4.86. The Hall–Kier alpha value is -3.18. The number of ether oxygens (including phenoxy) is 1. The molecular formula is C19H23N3O7S. The molecule has 1 aromatic carbocycles. The normalized spacial score (nSPS) is 11.3. The molecule has 10 nitrogen and oxygen atoms in total. The van der Waals surface area contributed by atoms with Gasteiger partial charge in [-0.3, -0.25) is 9.59 Å². The summed E-state index contributed by atoms with van der Waals surface area (Å²) in [6.07, 6.45) is 1.10. The average Bonchev–Trinajstić information content (AvgIpc) is 2.71. The van der Waals surface area contributed by atoms with E-state index in [2.05, 4.69) is 10.1 Å². The van der Waals surface area contributed by atoms with Crippen LogP contribution >= 0.6 is 0 Å². The van der Waals surface area contributed by atoms with E-state index in [0.717, 1.165) is 23.9 Å². The van der Waals surface area contributed by atoms with Crippen LogP contribution in [0.15, 0.2) is 46.2 Å². The second kappa shape index (κ2) is 9.55. The Morgan fingerprint density at radius 1 is 1.17 bits per heavy atom. The maximum atomic E-state index is 12.6. The number of methoxy groups -OCH3 is 1. The van der Waals surface area contributed by atoms with E-state index in [1.807, 2.05) is 0 Å². The molecule has 11 heteroatoms. The standard InChI is InChI=1S/C19H23N3O7S/c1-4-22(5-2)30(27,28)13-9-10-17(24)21(11-13)12-16(23)20-15-8-6-7-14(18(15)25)19(26)29-3/h6-11,25H,4-5,12H2,1-3H3,(H,20,23). The molecule has 0 saturated heterocycles. The van der Waals surface area contributed by atoms with Crippen molar-refractivity contribution >= 4 is 27.6 Å². The molecule has 162 valence electrons. The monoisotopic (exact) mass is 437 g/mol. The number of pyridine rings is 1. The van der Waals surface area contributed by atoms with Crippen molar-refractivity contribution in [2.45, 2.75) is 25.3 Å². The van der Waals surface area contributed by atoms with E-state index in [9.17, 15) is 27.9 Å². The first kappa shape index (κ1) is 23.1. The molecule has 0 aliphatic rings. The lowest BCUT2D eigenvalue weighted by Gasteiger charge is -2.19. The first-order valence-corrected chi connectivity index (χ1v) is 10.5. The lowest BCUT2D eigenvalue weighted by atomic mass is 10.1. The van der Waals surface area contributed by atoms with Crippen molar-refractivity contribution < 1.29 is 27.9 Å². The fraction of sp³-hybridized carbons (Fsp3) is 0.316. The van der Waals surface area contributed by atoms with Gasteiger partial charge in [0.05, 0.1) is 17.7 Å². The highest BCUT2D eigenvalue weighted by atomic mass is 32.2. The number of hydrogen-bond acceptors (Lipinski definition) is 7. The molecule has 2 rings (SSSR count). The number of amides is 1. The van der Waals surface area contributed by atoms with Crippen molar-refractivity contribution in [1.82, 2.24) is 8.87 Å². The van der Waals surface area contributed by atoms with Gasteiger partial charge in [-0.2, -0.15) is 4.31 Å². The fourth-order valence-electron chi connectivity index (χ4n) is 2.76. The van der Waals surface area contributed by atoms with Crippen molar-refractivity contribution in [3.8, 4) is 5.75 Å². The molecule has 30 heavy (non-hydrogen) atoms. The smallest absolute Gasteiger partial charge is 0.341 e. The predicted molar refractivity (Wildman–Crippen MR) is 109 cm³/mol. The molecule has 0 bridgehead atoms. The second-order valence-electron chi connectivity index (χ2n) is 6.16. The Kier molecular flexibility index (Phi) is 7.35. The zero-order chi connectivity index (χ0) is 22.5. The summed E-state index contributed by atoms with van der Waals surface area (Å²) >= 11 is 0. The zero-order valence-electron chi connectivity index (χ0n) is 16.8. The van der Waals surface area contributed by atoms with E-state index in [1.165, 1.54) is 28.6 Å². The van der Waals surface area contributed by atoms with Crippen LogP contribution < -0.4 is 10.9 Å². The van der Waals surface area contributed by atoms with Crippen LogP contribution in [0.4, 0.5) is 5.69 Å². The van der Waals surface area contributed by atoms with Crippen molar-refractivity contribution in [3.05, 3.63) is 52.4 Å². The summed E-state index contributed by atoms with van der Waals surface area (Å²) in [5, 5.41) is 12.5. The van der Waals surface area contributed by atoms with E-state index in [1.54, 1.807) is 13.8 Å². The molecular weight excluding hydrogens is 414 g/mol. The van der Waals surface area contributed by atoms with Crippen LogP contribution in [0.1, 0.15) is 24.2 Å². The Morgan fingerprint density at radius 3 is 2.43 bits per heavy atom. The SMILES string of the molecule is CCN(CC)S(=O)(=O)c1ccc(=O)n(CC(=O)Nc2cccc(C(=O)OC)c2O)c1. The van der Waals surface area contributed by atoms with Gasteiger partial charge < -0.3 is 19.7 Å². The summed E-state index contributed by atoms with van der Waals surface area (Å²) in [5.74, 6) is -1.97. The highest BCUT2D eigenvalue weighted by Gasteiger charge is 2.23. The van der Waals surface area contributed by atoms with E-state index < -0.39 is 39.8 Å². The zero-order valence-corrected chi connectivity index (χ0v) is 17.6. The van der Waals surface area contributed by atoms with Crippen LogP contribution in [-0.4, -0.2) is 54.5 Å². The van der Waals surface area contributed by atoms with Gasteiger partial charge in [0.1, 0.15) is 12.1 Å². The van der Waals surface area contributed by atoms with Gasteiger partial charge in [-0.05, 0) is 18.2 Å². The number of carbonyl (C=O) groups is 2. The highest BCUT2D eigenvalue weighted by Crippen LogP contribution is 2.28. The fourth-order valence-corrected chi connectivity index (χ4v) is 4.24. The van der Waals surface area contributed by atoms with E-state index >= 15 is 0 Å². The number of benzene rings is 1. The first-order valence-electron chi connectivity index (χ1n) is 9.06. The molecule has 0 spiro atoms. The maximum Gasteiger partial charge on any atom is 0.341 e. The van der Waals surface area contributed by atoms with E-state index in [-0.39, 0.29) is 29.2 Å². The summed E-state index contributed by atoms with van der Waals surface area (Å²) < 4.78 is 32.0. The number of phenolic OH excluding ortho intramolecular Hbond substituents is 1. The number of hydrogen-bond donors (Lipinski definition) is 2. The Morgan fingerprint density at radius 2 is 1.83 bits per heavy atom. The number of anilines is 1. The Labute approximate surface area is 173 Å². The number of nitrogens with zero attached hydrogens (tertiary/aromatic N) is 2. The highest BCUT2D eigenvalue weighted by molar-refractivity contribution is 7.89. The molecule has 0 unspecified atom stereocenters. The van der Waals surface area contributed by atoms with Crippen LogP contribution in [0.25, 0.3) is 0 Å². The summed E-state index contributed by atoms with van der Waals surface area (Å²) in [7, 11) is -2.66. The molecule has 0 aliphatic carbocycles. The number of nitrogens with one attached hydrogen (secondary N) is 1. The molecule has 0 radical (unpaired) electrons. The third-order valence-corrected chi connectivity index (χ3v) is 6.36. The molecule has 1 heterocycles. The maximum absolute atomic E-state index is 12.6. The number of rotatable bonds is 8. The van der Waals surface area contributed by atoms with Gasteiger partial charge in [0.2, 0.25) is 15.9 Å². The van der Waals surface area contributed by atoms with Crippen molar-refractivity contribution in [3.63, 3.8) is 0 Å². The third-order valence-electron chi connectivity index (χ3n) is 4.33. The number of para-hydroxylation sites is 1. The van der Waals surface area contributed by atoms with E-state index in [0.29, 0.717) is 0 Å². The molecule has 0 atom stereocenters.